The summed E-state index contributed by atoms with van der Waals surface area (Å²) in [5.74, 6) is 0.896. The van der Waals surface area contributed by atoms with E-state index in [1.54, 1.807) is 19.2 Å². The maximum atomic E-state index is 14.4. The molecule has 0 aromatic heterocycles. The Morgan fingerprint density at radius 1 is 0.826 bits per heavy atom. The predicted molar refractivity (Wildman–Crippen MR) is 89.2 cm³/mol. The molecule has 0 N–H and O–H groups in total. The molecule has 0 bridgehead atoms. The maximum absolute atomic E-state index is 14.4. The van der Waals surface area contributed by atoms with Crippen molar-refractivity contribution in [2.75, 3.05) is 7.11 Å². The highest BCUT2D eigenvalue weighted by molar-refractivity contribution is 5.66. The molecule has 0 saturated heterocycles. The number of rotatable bonds is 5. The van der Waals surface area contributed by atoms with Crippen LogP contribution in [0.15, 0.2) is 72.8 Å². The van der Waals surface area contributed by atoms with Gasteiger partial charge in [0.15, 0.2) is 0 Å². The average molecular weight is 308 g/mol. The molecule has 116 valence electrons. The minimum Gasteiger partial charge on any atom is -0.497 e. The van der Waals surface area contributed by atoms with E-state index in [2.05, 4.69) is 0 Å². The quantitative estimate of drug-likeness (QED) is 0.654. The van der Waals surface area contributed by atoms with Crippen LogP contribution in [-0.2, 0) is 6.61 Å². The topological polar surface area (TPSA) is 18.5 Å². The van der Waals surface area contributed by atoms with Crippen molar-refractivity contribution >= 4 is 0 Å². The molecule has 0 atom stereocenters. The molecule has 3 aromatic carbocycles. The van der Waals surface area contributed by atoms with Crippen molar-refractivity contribution < 1.29 is 13.9 Å². The van der Waals surface area contributed by atoms with Crippen LogP contribution in [0.25, 0.3) is 11.1 Å². The predicted octanol–water partition coefficient (Wildman–Crippen LogP) is 5.08. The molecule has 0 heterocycles. The van der Waals surface area contributed by atoms with E-state index in [-0.39, 0.29) is 5.82 Å². The molecule has 3 heteroatoms. The molecule has 0 saturated carbocycles. The standard InChI is InChI=1S/C20H17FO2/c1-22-17-9-5-8-16(12-17)19-11-10-18(13-20(19)21)23-14-15-6-3-2-4-7-15/h2-13H,14H2,1H3. The van der Waals surface area contributed by atoms with Gasteiger partial charge in [0.05, 0.1) is 7.11 Å². The van der Waals surface area contributed by atoms with Gasteiger partial charge in [0.2, 0.25) is 0 Å². The van der Waals surface area contributed by atoms with E-state index >= 15 is 0 Å². The molecule has 23 heavy (non-hydrogen) atoms. The Morgan fingerprint density at radius 3 is 2.39 bits per heavy atom. The van der Waals surface area contributed by atoms with Crippen molar-refractivity contribution in [3.05, 3.63) is 84.2 Å². The number of methoxy groups -OCH3 is 1. The van der Waals surface area contributed by atoms with Gasteiger partial charge in [0.1, 0.15) is 23.9 Å². The van der Waals surface area contributed by atoms with Crippen molar-refractivity contribution in [1.82, 2.24) is 0 Å². The van der Waals surface area contributed by atoms with Crippen LogP contribution in [0.2, 0.25) is 0 Å². The molecular formula is C20H17FO2. The zero-order valence-corrected chi connectivity index (χ0v) is 12.8. The van der Waals surface area contributed by atoms with Gasteiger partial charge in [0.25, 0.3) is 0 Å². The van der Waals surface area contributed by atoms with E-state index in [9.17, 15) is 4.39 Å². The Hall–Kier alpha value is -2.81. The first-order valence-corrected chi connectivity index (χ1v) is 7.37. The summed E-state index contributed by atoms with van der Waals surface area (Å²) >= 11 is 0. The lowest BCUT2D eigenvalue weighted by molar-refractivity contribution is 0.304. The Labute approximate surface area is 135 Å². The minimum atomic E-state index is -0.316. The second-order valence-corrected chi connectivity index (χ2v) is 5.15. The lowest BCUT2D eigenvalue weighted by Crippen LogP contribution is -1.96. The number of halogens is 1. The van der Waals surface area contributed by atoms with Gasteiger partial charge >= 0.3 is 0 Å². The van der Waals surface area contributed by atoms with Gasteiger partial charge in [-0.2, -0.15) is 0 Å². The highest BCUT2D eigenvalue weighted by Crippen LogP contribution is 2.29. The van der Waals surface area contributed by atoms with Gasteiger partial charge in [-0.05, 0) is 35.4 Å². The van der Waals surface area contributed by atoms with Crippen molar-refractivity contribution in [2.24, 2.45) is 0 Å². The van der Waals surface area contributed by atoms with Crippen LogP contribution in [0.3, 0.4) is 0 Å². The van der Waals surface area contributed by atoms with Gasteiger partial charge in [-0.1, -0.05) is 42.5 Å². The zero-order valence-electron chi connectivity index (χ0n) is 12.8. The van der Waals surface area contributed by atoms with E-state index < -0.39 is 0 Å². The molecule has 0 radical (unpaired) electrons. The van der Waals surface area contributed by atoms with Crippen LogP contribution < -0.4 is 9.47 Å². The van der Waals surface area contributed by atoms with E-state index in [1.807, 2.05) is 54.6 Å². The van der Waals surface area contributed by atoms with Crippen LogP contribution >= 0.6 is 0 Å². The third kappa shape index (κ3) is 3.69. The first-order valence-electron chi connectivity index (χ1n) is 7.37. The molecular weight excluding hydrogens is 291 g/mol. The Bertz CT molecular complexity index is 785. The molecule has 0 aliphatic heterocycles. The summed E-state index contributed by atoms with van der Waals surface area (Å²) in [5.41, 5.74) is 2.34. The summed E-state index contributed by atoms with van der Waals surface area (Å²) in [7, 11) is 1.59. The van der Waals surface area contributed by atoms with Gasteiger partial charge in [-0.15, -0.1) is 0 Å². The van der Waals surface area contributed by atoms with Gasteiger partial charge < -0.3 is 9.47 Å². The Kier molecular flexibility index (Phi) is 4.57. The van der Waals surface area contributed by atoms with Crippen molar-refractivity contribution in [3.8, 4) is 22.6 Å². The maximum Gasteiger partial charge on any atom is 0.134 e. The van der Waals surface area contributed by atoms with E-state index in [0.717, 1.165) is 11.1 Å². The zero-order chi connectivity index (χ0) is 16.1. The summed E-state index contributed by atoms with van der Waals surface area (Å²) in [6.07, 6.45) is 0. The summed E-state index contributed by atoms with van der Waals surface area (Å²) < 4.78 is 25.2. The largest absolute Gasteiger partial charge is 0.497 e. The fourth-order valence-electron chi connectivity index (χ4n) is 2.35. The summed E-state index contributed by atoms with van der Waals surface area (Å²) in [6, 6.07) is 22.0. The fraction of sp³-hybridized carbons (Fsp3) is 0.100. The molecule has 0 spiro atoms. The van der Waals surface area contributed by atoms with Crippen LogP contribution in [0.5, 0.6) is 11.5 Å². The molecule has 0 fully saturated rings. The number of hydrogen-bond donors (Lipinski definition) is 0. The number of benzene rings is 3. The van der Waals surface area contributed by atoms with E-state index in [4.69, 9.17) is 9.47 Å². The second kappa shape index (κ2) is 6.97. The lowest BCUT2D eigenvalue weighted by atomic mass is 10.0. The Balaban J connectivity index is 1.77. The highest BCUT2D eigenvalue weighted by Gasteiger charge is 2.08. The van der Waals surface area contributed by atoms with Crippen LogP contribution in [0, 0.1) is 5.82 Å². The van der Waals surface area contributed by atoms with Gasteiger partial charge in [0, 0.05) is 11.6 Å². The van der Waals surface area contributed by atoms with E-state index in [0.29, 0.717) is 23.7 Å². The Morgan fingerprint density at radius 2 is 1.65 bits per heavy atom. The first kappa shape index (κ1) is 15.1. The highest BCUT2D eigenvalue weighted by atomic mass is 19.1. The summed E-state index contributed by atoms with van der Waals surface area (Å²) in [5, 5.41) is 0. The molecule has 3 aromatic rings. The van der Waals surface area contributed by atoms with Crippen LogP contribution in [-0.4, -0.2) is 7.11 Å². The van der Waals surface area contributed by atoms with Crippen molar-refractivity contribution in [3.63, 3.8) is 0 Å². The van der Waals surface area contributed by atoms with E-state index in [1.165, 1.54) is 6.07 Å². The van der Waals surface area contributed by atoms with Gasteiger partial charge in [-0.3, -0.25) is 0 Å². The molecule has 0 unspecified atom stereocenters. The van der Waals surface area contributed by atoms with Crippen molar-refractivity contribution in [1.29, 1.82) is 0 Å². The monoisotopic (exact) mass is 308 g/mol. The third-order valence-corrected chi connectivity index (χ3v) is 3.57. The van der Waals surface area contributed by atoms with Gasteiger partial charge in [-0.25, -0.2) is 4.39 Å². The minimum absolute atomic E-state index is 0.316. The molecule has 0 aliphatic carbocycles. The van der Waals surface area contributed by atoms with Crippen LogP contribution in [0.1, 0.15) is 5.56 Å². The first-order chi connectivity index (χ1) is 11.3. The summed E-state index contributed by atoms with van der Waals surface area (Å²) in [6.45, 7) is 0.415. The average Bonchev–Trinajstić information content (AvgIpc) is 2.61. The normalized spacial score (nSPS) is 10.3. The molecule has 0 amide bonds. The van der Waals surface area contributed by atoms with Crippen LogP contribution in [0.4, 0.5) is 4.39 Å². The smallest absolute Gasteiger partial charge is 0.134 e. The molecule has 0 aliphatic rings. The van der Waals surface area contributed by atoms with Crippen molar-refractivity contribution in [2.45, 2.75) is 6.61 Å². The third-order valence-electron chi connectivity index (χ3n) is 3.57. The SMILES string of the molecule is COc1cccc(-c2ccc(OCc3ccccc3)cc2F)c1. The second-order valence-electron chi connectivity index (χ2n) is 5.15. The fourth-order valence-corrected chi connectivity index (χ4v) is 2.35. The summed E-state index contributed by atoms with van der Waals surface area (Å²) in [4.78, 5) is 0. The number of hydrogen-bond acceptors (Lipinski definition) is 2. The number of ether oxygens (including phenoxy) is 2. The molecule has 3 rings (SSSR count). The lowest BCUT2D eigenvalue weighted by Gasteiger charge is -2.09. The molecule has 2 nitrogen and oxygen atoms in total.